The van der Waals surface area contributed by atoms with Gasteiger partial charge in [0, 0.05) is 42.0 Å². The molecule has 0 saturated carbocycles. The fourth-order valence-corrected chi connectivity index (χ4v) is 0.944. The van der Waals surface area contributed by atoms with Gasteiger partial charge in [0.2, 0.25) is 0 Å². The van der Waals surface area contributed by atoms with Gasteiger partial charge in [0.25, 0.3) is 10.1 Å². The minimum absolute atomic E-state index is 0. The van der Waals surface area contributed by atoms with Gasteiger partial charge < -0.3 is 0 Å². The average molecular weight is 182 g/mol. The van der Waals surface area contributed by atoms with Crippen molar-refractivity contribution in [1.82, 2.24) is 4.98 Å². The molecule has 11 heavy (non-hydrogen) atoms. The van der Waals surface area contributed by atoms with Crippen LogP contribution >= 0.6 is 0 Å². The third kappa shape index (κ3) is 3.31. The SMILES string of the molecule is O=S(=O)(O)c1cccnc1.[Na]. The molecular formula is C5H5NNaO3S. The van der Waals surface area contributed by atoms with E-state index in [1.807, 2.05) is 0 Å². The quantitative estimate of drug-likeness (QED) is 0.488. The topological polar surface area (TPSA) is 67.3 Å². The van der Waals surface area contributed by atoms with E-state index in [2.05, 4.69) is 4.98 Å². The number of hydrogen-bond acceptors (Lipinski definition) is 3. The van der Waals surface area contributed by atoms with E-state index in [9.17, 15) is 8.42 Å². The molecule has 0 fully saturated rings. The predicted molar refractivity (Wildman–Crippen MR) is 39.8 cm³/mol. The maximum absolute atomic E-state index is 10.3. The molecule has 0 aliphatic rings. The van der Waals surface area contributed by atoms with Crippen LogP contribution < -0.4 is 0 Å². The summed E-state index contributed by atoms with van der Waals surface area (Å²) in [6.07, 6.45) is 2.50. The summed E-state index contributed by atoms with van der Waals surface area (Å²) in [5.74, 6) is 0. The first-order chi connectivity index (χ1) is 4.61. The number of hydrogen-bond donors (Lipinski definition) is 1. The first-order valence-electron chi connectivity index (χ1n) is 2.48. The Kier molecular flexibility index (Phi) is 4.20. The molecule has 0 aromatic carbocycles. The van der Waals surface area contributed by atoms with Crippen molar-refractivity contribution in [3.8, 4) is 0 Å². The van der Waals surface area contributed by atoms with Gasteiger partial charge in [0.1, 0.15) is 4.90 Å². The van der Waals surface area contributed by atoms with E-state index in [0.29, 0.717) is 0 Å². The van der Waals surface area contributed by atoms with Crippen LogP contribution in [0.1, 0.15) is 0 Å². The van der Waals surface area contributed by atoms with E-state index >= 15 is 0 Å². The molecule has 0 spiro atoms. The van der Waals surface area contributed by atoms with E-state index in [1.54, 1.807) is 0 Å². The predicted octanol–water partition coefficient (Wildman–Crippen LogP) is -0.0525. The van der Waals surface area contributed by atoms with Crippen molar-refractivity contribution in [2.45, 2.75) is 4.90 Å². The summed E-state index contributed by atoms with van der Waals surface area (Å²) in [6.45, 7) is 0. The summed E-state index contributed by atoms with van der Waals surface area (Å²) in [6, 6.07) is 2.70. The third-order valence-electron chi connectivity index (χ3n) is 0.932. The van der Waals surface area contributed by atoms with Crippen LogP contribution in [0.15, 0.2) is 29.4 Å². The monoisotopic (exact) mass is 182 g/mol. The molecule has 1 rings (SSSR count). The Morgan fingerprint density at radius 3 is 2.36 bits per heavy atom. The Bertz CT molecular complexity index is 310. The van der Waals surface area contributed by atoms with Crippen LogP contribution in [0, 0.1) is 0 Å². The van der Waals surface area contributed by atoms with Gasteiger partial charge in [-0.2, -0.15) is 8.42 Å². The molecular weight excluding hydrogens is 177 g/mol. The van der Waals surface area contributed by atoms with Crippen molar-refractivity contribution in [2.24, 2.45) is 0 Å². The standard InChI is InChI=1S/C5H5NO3S.Na/c7-10(8,9)5-2-1-3-6-4-5;/h1-4H,(H,7,8,9);. The minimum Gasteiger partial charge on any atom is -0.282 e. The van der Waals surface area contributed by atoms with Gasteiger partial charge in [-0.3, -0.25) is 9.54 Å². The van der Waals surface area contributed by atoms with Crippen LogP contribution in [-0.4, -0.2) is 47.5 Å². The van der Waals surface area contributed by atoms with Crippen LogP contribution in [0.3, 0.4) is 0 Å². The summed E-state index contributed by atoms with van der Waals surface area (Å²) < 4.78 is 29.1. The summed E-state index contributed by atoms with van der Waals surface area (Å²) in [4.78, 5) is 3.33. The second-order valence-electron chi connectivity index (χ2n) is 1.66. The third-order valence-corrected chi connectivity index (χ3v) is 1.77. The van der Waals surface area contributed by atoms with Crippen LogP contribution in [0.2, 0.25) is 0 Å². The van der Waals surface area contributed by atoms with Gasteiger partial charge in [-0.05, 0) is 12.1 Å². The minimum atomic E-state index is -4.07. The van der Waals surface area contributed by atoms with E-state index in [1.165, 1.54) is 18.3 Å². The largest absolute Gasteiger partial charge is 0.296 e. The summed E-state index contributed by atoms with van der Waals surface area (Å²) in [5, 5.41) is 0. The number of nitrogens with zero attached hydrogens (tertiary/aromatic N) is 1. The van der Waals surface area contributed by atoms with Crippen molar-refractivity contribution in [3.63, 3.8) is 0 Å². The molecule has 0 atom stereocenters. The second-order valence-corrected chi connectivity index (χ2v) is 3.09. The number of aromatic nitrogens is 1. The van der Waals surface area contributed by atoms with E-state index in [0.717, 1.165) is 6.20 Å². The normalized spacial score (nSPS) is 10.3. The summed E-state index contributed by atoms with van der Waals surface area (Å²) in [7, 11) is -4.07. The van der Waals surface area contributed by atoms with Gasteiger partial charge in [-0.25, -0.2) is 0 Å². The molecule has 0 aliphatic heterocycles. The molecule has 0 saturated heterocycles. The maximum Gasteiger partial charge on any atom is 0.296 e. The first-order valence-corrected chi connectivity index (χ1v) is 3.92. The van der Waals surface area contributed by atoms with Gasteiger partial charge >= 0.3 is 0 Å². The molecule has 0 unspecified atom stereocenters. The van der Waals surface area contributed by atoms with Crippen LogP contribution in [0.25, 0.3) is 0 Å². The van der Waals surface area contributed by atoms with Crippen molar-refractivity contribution < 1.29 is 13.0 Å². The van der Waals surface area contributed by atoms with Crippen molar-refractivity contribution in [2.75, 3.05) is 0 Å². The van der Waals surface area contributed by atoms with Gasteiger partial charge in [-0.15, -0.1) is 0 Å². The molecule has 1 heterocycles. The summed E-state index contributed by atoms with van der Waals surface area (Å²) >= 11 is 0. The Morgan fingerprint density at radius 2 is 2.09 bits per heavy atom. The van der Waals surface area contributed by atoms with Crippen LogP contribution in [0.4, 0.5) is 0 Å². The molecule has 4 nitrogen and oxygen atoms in total. The fraction of sp³-hybridized carbons (Fsp3) is 0. The van der Waals surface area contributed by atoms with E-state index in [-0.39, 0.29) is 34.5 Å². The first kappa shape index (κ1) is 11.1. The molecule has 0 bridgehead atoms. The van der Waals surface area contributed by atoms with Gasteiger partial charge in [0.05, 0.1) is 0 Å². The van der Waals surface area contributed by atoms with Crippen molar-refractivity contribution in [1.29, 1.82) is 0 Å². The zero-order valence-corrected chi connectivity index (χ0v) is 8.75. The molecule has 1 N–H and O–H groups in total. The maximum atomic E-state index is 10.3. The number of pyridine rings is 1. The van der Waals surface area contributed by atoms with Crippen molar-refractivity contribution >= 4 is 39.7 Å². The smallest absolute Gasteiger partial charge is 0.282 e. The summed E-state index contributed by atoms with van der Waals surface area (Å²) in [5.41, 5.74) is 0. The molecule has 0 aliphatic carbocycles. The zero-order valence-electron chi connectivity index (χ0n) is 5.93. The fourth-order valence-electron chi connectivity index (χ4n) is 0.500. The van der Waals surface area contributed by atoms with Crippen LogP contribution in [-0.2, 0) is 10.1 Å². The zero-order chi connectivity index (χ0) is 7.61. The Labute approximate surface area is 86.7 Å². The molecule has 55 valence electrons. The molecule has 6 heteroatoms. The molecule has 0 amide bonds. The van der Waals surface area contributed by atoms with E-state index < -0.39 is 10.1 Å². The molecule has 1 aromatic rings. The van der Waals surface area contributed by atoms with Crippen molar-refractivity contribution in [3.05, 3.63) is 24.5 Å². The van der Waals surface area contributed by atoms with Crippen LogP contribution in [0.5, 0.6) is 0 Å². The number of rotatable bonds is 1. The molecule has 1 aromatic heterocycles. The average Bonchev–Trinajstić information content (AvgIpc) is 1.88. The molecule has 1 radical (unpaired) electrons. The van der Waals surface area contributed by atoms with Gasteiger partial charge in [-0.1, -0.05) is 0 Å². The van der Waals surface area contributed by atoms with Gasteiger partial charge in [0.15, 0.2) is 0 Å². The Balaban J connectivity index is 0.000001000. The van der Waals surface area contributed by atoms with E-state index in [4.69, 9.17) is 4.55 Å². The Hall–Kier alpha value is 0.0600. The second kappa shape index (κ2) is 4.18. The Morgan fingerprint density at radius 1 is 1.45 bits per heavy atom.